The molecule has 0 unspecified atom stereocenters. The molecule has 186 valence electrons. The van der Waals surface area contributed by atoms with Gasteiger partial charge in [-0.15, -0.1) is 6.58 Å². The molecular formula is C25H24BrN4O5S+. The summed E-state index contributed by atoms with van der Waals surface area (Å²) >= 11 is 4.80. The third kappa shape index (κ3) is 4.80. The Bertz CT molecular complexity index is 1420. The minimum atomic E-state index is -0.955. The van der Waals surface area contributed by atoms with E-state index >= 15 is 0 Å². The van der Waals surface area contributed by atoms with Crippen molar-refractivity contribution in [1.29, 1.82) is 0 Å². The van der Waals surface area contributed by atoms with E-state index in [1.165, 1.54) is 35.2 Å². The average molecular weight is 572 g/mol. The van der Waals surface area contributed by atoms with E-state index in [0.717, 1.165) is 0 Å². The molecule has 2 heterocycles. The van der Waals surface area contributed by atoms with E-state index in [9.17, 15) is 14.4 Å². The van der Waals surface area contributed by atoms with Crippen LogP contribution in [0, 0.1) is 0 Å². The second-order valence-electron chi connectivity index (χ2n) is 7.78. The van der Waals surface area contributed by atoms with Crippen LogP contribution in [0.4, 0.5) is 5.69 Å². The van der Waals surface area contributed by atoms with E-state index in [2.05, 4.69) is 27.5 Å². The molecule has 1 aliphatic rings. The molecule has 11 heteroatoms. The molecule has 0 saturated carbocycles. The van der Waals surface area contributed by atoms with Crippen molar-refractivity contribution in [3.05, 3.63) is 69.4 Å². The number of amides is 1. The molecule has 3 aromatic rings. The number of thioether (sulfide) groups is 1. The van der Waals surface area contributed by atoms with Crippen LogP contribution in [0.15, 0.2) is 63.5 Å². The van der Waals surface area contributed by atoms with Gasteiger partial charge in [-0.2, -0.15) is 0 Å². The first kappa shape index (κ1) is 25.6. The van der Waals surface area contributed by atoms with Crippen LogP contribution in [-0.4, -0.2) is 34.3 Å². The van der Waals surface area contributed by atoms with Crippen LogP contribution in [0.3, 0.4) is 0 Å². The average Bonchev–Trinajstić information content (AvgIpc) is 2.82. The molecule has 0 fully saturated rings. The van der Waals surface area contributed by atoms with Crippen molar-refractivity contribution in [3.8, 4) is 22.8 Å². The lowest BCUT2D eigenvalue weighted by Crippen LogP contribution is -2.60. The quantitative estimate of drug-likeness (QED) is 0.150. The lowest BCUT2D eigenvalue weighted by molar-refractivity contribution is -0.763. The van der Waals surface area contributed by atoms with Gasteiger partial charge in [0, 0.05) is 29.2 Å². The van der Waals surface area contributed by atoms with Gasteiger partial charge in [-0.1, -0.05) is 45.9 Å². The summed E-state index contributed by atoms with van der Waals surface area (Å²) in [7, 11) is 0. The van der Waals surface area contributed by atoms with Gasteiger partial charge in [-0.25, -0.2) is 4.90 Å². The molecule has 0 aliphatic carbocycles. The summed E-state index contributed by atoms with van der Waals surface area (Å²) in [6, 6.07) is 10.5. The summed E-state index contributed by atoms with van der Waals surface area (Å²) in [5, 5.41) is 5.06. The highest BCUT2D eigenvalue weighted by Gasteiger charge is 2.47. The summed E-state index contributed by atoms with van der Waals surface area (Å²) in [5.41, 5.74) is 1.39. The Balaban J connectivity index is 2.11. The smallest absolute Gasteiger partial charge is 0.325 e. The van der Waals surface area contributed by atoms with Crippen molar-refractivity contribution < 1.29 is 23.7 Å². The Kier molecular flexibility index (Phi) is 7.60. The van der Waals surface area contributed by atoms with Gasteiger partial charge in [0.15, 0.2) is 11.5 Å². The molecule has 2 aromatic carbocycles. The van der Waals surface area contributed by atoms with Crippen molar-refractivity contribution in [2.24, 2.45) is 0 Å². The molecule has 36 heavy (non-hydrogen) atoms. The molecule has 1 aromatic heterocycles. The van der Waals surface area contributed by atoms with E-state index in [1.54, 1.807) is 42.5 Å². The number of para-hydroxylation sites is 1. The molecule has 1 atom stereocenters. The minimum Gasteiger partial charge on any atom is -0.490 e. The number of carbonyl (C=O) groups is 2. The van der Waals surface area contributed by atoms with Gasteiger partial charge in [0.25, 0.3) is 6.17 Å². The number of hydrogen-bond donors (Lipinski definition) is 1. The number of halogens is 1. The van der Waals surface area contributed by atoms with Gasteiger partial charge < -0.3 is 9.47 Å². The third-order valence-corrected chi connectivity index (χ3v) is 6.62. The standard InChI is InChI=1S/C25H23BrN4O5S/c1-5-11-36-25-27-23(33)21-17-9-7-8-10-19(17)29(14(3)31)24(30(21)28-25)18-12-16(26)13-20(34-6-2)22(18)35-15(4)32/h5,7-10,12-13,24H,1,6,11H2,2-4H3/p+1/t24-/m1/s1. The fraction of sp³-hybridized carbons (Fsp3) is 0.240. The number of hydrogen-bond acceptors (Lipinski definition) is 7. The number of benzene rings is 2. The van der Waals surface area contributed by atoms with Gasteiger partial charge in [0.05, 0.1) is 23.4 Å². The molecular weight excluding hydrogens is 548 g/mol. The van der Waals surface area contributed by atoms with Gasteiger partial charge in [0.2, 0.25) is 11.1 Å². The molecule has 0 bridgehead atoms. The van der Waals surface area contributed by atoms with Crippen LogP contribution >= 0.6 is 27.7 Å². The van der Waals surface area contributed by atoms with E-state index in [-0.39, 0.29) is 22.9 Å². The molecule has 1 amide bonds. The normalized spacial score (nSPS) is 14.0. The van der Waals surface area contributed by atoms with Crippen molar-refractivity contribution >= 4 is 45.3 Å². The van der Waals surface area contributed by atoms with E-state index in [4.69, 9.17) is 14.6 Å². The third-order valence-electron chi connectivity index (χ3n) is 5.31. The number of aromatic nitrogens is 3. The van der Waals surface area contributed by atoms with Gasteiger partial charge in [0.1, 0.15) is 0 Å². The number of nitrogens with one attached hydrogen (secondary N) is 1. The summed E-state index contributed by atoms with van der Waals surface area (Å²) in [6.07, 6.45) is 0.745. The highest BCUT2D eigenvalue weighted by molar-refractivity contribution is 9.10. The Morgan fingerprint density at radius 1 is 1.31 bits per heavy atom. The molecule has 4 rings (SSSR count). The zero-order valence-corrected chi connectivity index (χ0v) is 22.3. The predicted molar refractivity (Wildman–Crippen MR) is 139 cm³/mol. The van der Waals surface area contributed by atoms with Crippen molar-refractivity contribution in [3.63, 3.8) is 0 Å². The molecule has 1 N–H and O–H groups in total. The Hall–Kier alpha value is -3.44. The molecule has 0 saturated heterocycles. The maximum Gasteiger partial charge on any atom is 0.325 e. The van der Waals surface area contributed by atoms with Crippen LogP contribution in [0.5, 0.6) is 11.5 Å². The molecule has 0 radical (unpaired) electrons. The SMILES string of the molecule is C=CCSc1n[n+]2c(c(=O)[nH]1)-c1ccccc1N(C(C)=O)[C@H]2c1cc(Br)cc(OCC)c1OC(C)=O. The topological polar surface area (TPSA) is 105 Å². The van der Waals surface area contributed by atoms with Crippen LogP contribution in [0.2, 0.25) is 0 Å². The summed E-state index contributed by atoms with van der Waals surface area (Å²) < 4.78 is 13.5. The predicted octanol–water partition coefficient (Wildman–Crippen LogP) is 4.00. The highest BCUT2D eigenvalue weighted by Crippen LogP contribution is 2.44. The Labute approximate surface area is 220 Å². The van der Waals surface area contributed by atoms with E-state index < -0.39 is 12.1 Å². The second kappa shape index (κ2) is 10.7. The van der Waals surface area contributed by atoms with Gasteiger partial charge in [-0.05, 0) is 35.9 Å². The number of fused-ring (bicyclic) bond motifs is 3. The number of ether oxygens (including phenoxy) is 2. The molecule has 0 spiro atoms. The van der Waals surface area contributed by atoms with E-state index in [1.807, 2.05) is 6.92 Å². The van der Waals surface area contributed by atoms with Crippen LogP contribution < -0.4 is 24.6 Å². The molecule has 1 aliphatic heterocycles. The second-order valence-corrected chi connectivity index (χ2v) is 9.71. The number of anilines is 1. The van der Waals surface area contributed by atoms with Crippen molar-refractivity contribution in [1.82, 2.24) is 10.1 Å². The van der Waals surface area contributed by atoms with Crippen LogP contribution in [0.1, 0.15) is 32.5 Å². The van der Waals surface area contributed by atoms with Crippen molar-refractivity contribution in [2.75, 3.05) is 17.3 Å². The number of rotatable bonds is 7. The Morgan fingerprint density at radius 2 is 2.06 bits per heavy atom. The number of nitrogens with zero attached hydrogens (tertiary/aromatic N) is 3. The summed E-state index contributed by atoms with van der Waals surface area (Å²) in [4.78, 5) is 43.0. The van der Waals surface area contributed by atoms with Crippen LogP contribution in [-0.2, 0) is 9.59 Å². The maximum absolute atomic E-state index is 13.4. The van der Waals surface area contributed by atoms with Crippen molar-refractivity contribution in [2.45, 2.75) is 32.1 Å². The molecule has 9 nitrogen and oxygen atoms in total. The number of aromatic amines is 1. The first-order chi connectivity index (χ1) is 17.3. The van der Waals surface area contributed by atoms with E-state index in [0.29, 0.717) is 44.6 Å². The zero-order valence-electron chi connectivity index (χ0n) is 19.9. The number of H-pyrrole nitrogens is 1. The summed E-state index contributed by atoms with van der Waals surface area (Å²) in [5.74, 6) is 0.122. The number of esters is 1. The largest absolute Gasteiger partial charge is 0.490 e. The number of carbonyl (C=O) groups excluding carboxylic acids is 2. The minimum absolute atomic E-state index is 0.143. The van der Waals surface area contributed by atoms with Gasteiger partial charge in [-0.3, -0.25) is 19.4 Å². The first-order valence-electron chi connectivity index (χ1n) is 11.1. The summed E-state index contributed by atoms with van der Waals surface area (Å²) in [6.45, 7) is 8.57. The maximum atomic E-state index is 13.4. The lowest BCUT2D eigenvalue weighted by atomic mass is 10.0. The van der Waals surface area contributed by atoms with Crippen LogP contribution in [0.25, 0.3) is 11.3 Å². The fourth-order valence-electron chi connectivity index (χ4n) is 4.09. The fourth-order valence-corrected chi connectivity index (χ4v) is 5.13. The zero-order chi connectivity index (χ0) is 26.0. The highest BCUT2D eigenvalue weighted by atomic mass is 79.9. The lowest BCUT2D eigenvalue weighted by Gasteiger charge is -2.32. The Morgan fingerprint density at radius 3 is 2.72 bits per heavy atom. The monoisotopic (exact) mass is 571 g/mol. The van der Waals surface area contributed by atoms with Gasteiger partial charge >= 0.3 is 17.2 Å². The first-order valence-corrected chi connectivity index (χ1v) is 12.9.